The highest BCUT2D eigenvalue weighted by Gasteiger charge is 2.24. The topological polar surface area (TPSA) is 42.4 Å². The zero-order chi connectivity index (χ0) is 13.9. The first-order chi connectivity index (χ1) is 9.78. The fourth-order valence-electron chi connectivity index (χ4n) is 3.25. The number of nitrogens with zero attached hydrogens (tertiary/aromatic N) is 1. The van der Waals surface area contributed by atoms with E-state index in [9.17, 15) is 0 Å². The van der Waals surface area contributed by atoms with Crippen molar-refractivity contribution in [3.05, 3.63) is 53.5 Å². The summed E-state index contributed by atoms with van der Waals surface area (Å²) in [6.07, 6.45) is 6.98. The molecule has 106 valence electrons. The average Bonchev–Trinajstić information content (AvgIpc) is 2.97. The highest BCUT2D eigenvalue weighted by atomic mass is 16.3. The minimum absolute atomic E-state index is 0.601. The normalized spacial score (nSPS) is 18.2. The summed E-state index contributed by atoms with van der Waals surface area (Å²) in [6, 6.07) is 8.97. The van der Waals surface area contributed by atoms with Gasteiger partial charge in [0, 0.05) is 23.8 Å². The predicted octanol–water partition coefficient (Wildman–Crippen LogP) is 3.24. The fraction of sp³-hybridized carbons (Fsp3) is 0.412. The van der Waals surface area contributed by atoms with E-state index in [0.717, 1.165) is 31.6 Å². The Morgan fingerprint density at radius 2 is 2.25 bits per heavy atom. The molecule has 2 N–H and O–H groups in total. The van der Waals surface area contributed by atoms with Crippen LogP contribution in [-0.4, -0.2) is 17.5 Å². The maximum absolute atomic E-state index is 6.08. The molecule has 0 amide bonds. The maximum Gasteiger partial charge on any atom is 0.0947 e. The van der Waals surface area contributed by atoms with Crippen LogP contribution in [-0.2, 0) is 19.4 Å². The Morgan fingerprint density at radius 1 is 1.35 bits per heavy atom. The molecule has 1 aromatic heterocycles. The second-order valence-corrected chi connectivity index (χ2v) is 5.58. The number of hydrogen-bond donors (Lipinski definition) is 1. The Morgan fingerprint density at radius 3 is 3.00 bits per heavy atom. The molecule has 20 heavy (non-hydrogen) atoms. The Bertz CT molecular complexity index is 562. The van der Waals surface area contributed by atoms with E-state index in [4.69, 9.17) is 10.2 Å². The Labute approximate surface area is 120 Å². The number of fused-ring (bicyclic) bond motifs is 1. The predicted molar refractivity (Wildman–Crippen MR) is 81.5 cm³/mol. The third-order valence-electron chi connectivity index (χ3n) is 4.38. The molecule has 1 atom stereocenters. The molecule has 3 nitrogen and oxygen atoms in total. The van der Waals surface area contributed by atoms with Gasteiger partial charge >= 0.3 is 0 Å². The lowest BCUT2D eigenvalue weighted by molar-refractivity contribution is 0.180. The van der Waals surface area contributed by atoms with Gasteiger partial charge in [-0.15, -0.1) is 0 Å². The van der Waals surface area contributed by atoms with Crippen molar-refractivity contribution in [3.8, 4) is 0 Å². The number of hydrogen-bond acceptors (Lipinski definition) is 3. The fourth-order valence-corrected chi connectivity index (χ4v) is 3.25. The molecule has 1 unspecified atom stereocenters. The molecule has 1 aliphatic carbocycles. The van der Waals surface area contributed by atoms with E-state index in [-0.39, 0.29) is 0 Å². The molecular weight excluding hydrogens is 248 g/mol. The first kappa shape index (κ1) is 13.3. The SMILES string of the molecule is CCN(Cc1ccoc1)C1CCc2c(N)cccc2C1. The molecule has 3 heteroatoms. The molecule has 1 aliphatic rings. The summed E-state index contributed by atoms with van der Waals surface area (Å²) in [7, 11) is 0. The monoisotopic (exact) mass is 270 g/mol. The average molecular weight is 270 g/mol. The summed E-state index contributed by atoms with van der Waals surface area (Å²) in [5, 5.41) is 0. The van der Waals surface area contributed by atoms with Crippen molar-refractivity contribution < 1.29 is 4.42 Å². The van der Waals surface area contributed by atoms with E-state index < -0.39 is 0 Å². The molecule has 0 saturated carbocycles. The van der Waals surface area contributed by atoms with Gasteiger partial charge in [0.2, 0.25) is 0 Å². The summed E-state index contributed by atoms with van der Waals surface area (Å²) >= 11 is 0. The minimum atomic E-state index is 0.601. The smallest absolute Gasteiger partial charge is 0.0947 e. The van der Waals surface area contributed by atoms with Crippen LogP contribution in [0.4, 0.5) is 5.69 Å². The van der Waals surface area contributed by atoms with Crippen molar-refractivity contribution >= 4 is 5.69 Å². The second-order valence-electron chi connectivity index (χ2n) is 5.58. The zero-order valence-corrected chi connectivity index (χ0v) is 12.0. The van der Waals surface area contributed by atoms with E-state index in [0.29, 0.717) is 6.04 Å². The van der Waals surface area contributed by atoms with Gasteiger partial charge in [0.15, 0.2) is 0 Å². The highest BCUT2D eigenvalue weighted by molar-refractivity contribution is 5.52. The molecule has 0 radical (unpaired) electrons. The van der Waals surface area contributed by atoms with Crippen LogP contribution in [0.15, 0.2) is 41.2 Å². The molecule has 0 fully saturated rings. The molecular formula is C17H22N2O. The van der Waals surface area contributed by atoms with Crippen molar-refractivity contribution in [3.63, 3.8) is 0 Å². The van der Waals surface area contributed by atoms with Gasteiger partial charge in [-0.25, -0.2) is 0 Å². The molecule has 0 aliphatic heterocycles. The highest BCUT2D eigenvalue weighted by Crippen LogP contribution is 2.29. The van der Waals surface area contributed by atoms with Gasteiger partial charge < -0.3 is 10.2 Å². The third-order valence-corrected chi connectivity index (χ3v) is 4.38. The van der Waals surface area contributed by atoms with Crippen LogP contribution in [0.2, 0.25) is 0 Å². The number of rotatable bonds is 4. The molecule has 1 heterocycles. The third kappa shape index (κ3) is 2.59. The van der Waals surface area contributed by atoms with Gasteiger partial charge in [0.05, 0.1) is 12.5 Å². The van der Waals surface area contributed by atoms with Gasteiger partial charge in [-0.05, 0) is 49.1 Å². The zero-order valence-electron chi connectivity index (χ0n) is 12.0. The van der Waals surface area contributed by atoms with Gasteiger partial charge in [0.1, 0.15) is 0 Å². The Balaban J connectivity index is 1.74. The van der Waals surface area contributed by atoms with Gasteiger partial charge in [0.25, 0.3) is 0 Å². The van der Waals surface area contributed by atoms with Crippen LogP contribution >= 0.6 is 0 Å². The van der Waals surface area contributed by atoms with Crippen molar-refractivity contribution in [1.82, 2.24) is 4.90 Å². The number of likely N-dealkylation sites (N-methyl/N-ethyl adjacent to an activating group) is 1. The molecule has 2 aromatic rings. The number of anilines is 1. The van der Waals surface area contributed by atoms with Crippen LogP contribution in [0.5, 0.6) is 0 Å². The van der Waals surface area contributed by atoms with Crippen LogP contribution in [0, 0.1) is 0 Å². The van der Waals surface area contributed by atoms with E-state index >= 15 is 0 Å². The van der Waals surface area contributed by atoms with Gasteiger partial charge in [-0.1, -0.05) is 19.1 Å². The van der Waals surface area contributed by atoms with Crippen molar-refractivity contribution in [2.75, 3.05) is 12.3 Å². The summed E-state index contributed by atoms with van der Waals surface area (Å²) < 4.78 is 5.18. The number of benzene rings is 1. The molecule has 1 aromatic carbocycles. The van der Waals surface area contributed by atoms with Crippen LogP contribution in [0.3, 0.4) is 0 Å². The second kappa shape index (κ2) is 5.71. The standard InChI is InChI=1S/C17H22N2O/c1-2-19(11-13-8-9-20-12-13)15-6-7-16-14(10-15)4-3-5-17(16)18/h3-5,8-9,12,15H,2,6-7,10-11,18H2,1H3. The summed E-state index contributed by atoms with van der Waals surface area (Å²) in [6.45, 7) is 4.26. The van der Waals surface area contributed by atoms with Crippen molar-refractivity contribution in [2.45, 2.75) is 38.8 Å². The Hall–Kier alpha value is -1.74. The number of furan rings is 1. The Kier molecular flexibility index (Phi) is 3.79. The molecule has 0 spiro atoms. The van der Waals surface area contributed by atoms with Crippen LogP contribution < -0.4 is 5.73 Å². The van der Waals surface area contributed by atoms with E-state index in [1.807, 2.05) is 12.3 Å². The van der Waals surface area contributed by atoms with E-state index in [1.54, 1.807) is 6.26 Å². The lowest BCUT2D eigenvalue weighted by Crippen LogP contribution is -2.38. The van der Waals surface area contributed by atoms with Crippen molar-refractivity contribution in [1.29, 1.82) is 0 Å². The first-order valence-electron chi connectivity index (χ1n) is 7.39. The van der Waals surface area contributed by atoms with Crippen LogP contribution in [0.25, 0.3) is 0 Å². The minimum Gasteiger partial charge on any atom is -0.472 e. The van der Waals surface area contributed by atoms with E-state index in [2.05, 4.69) is 30.0 Å². The van der Waals surface area contributed by atoms with Gasteiger partial charge in [-0.2, -0.15) is 0 Å². The largest absolute Gasteiger partial charge is 0.472 e. The maximum atomic E-state index is 6.08. The summed E-state index contributed by atoms with van der Waals surface area (Å²) in [5.74, 6) is 0. The summed E-state index contributed by atoms with van der Waals surface area (Å²) in [5.41, 5.74) is 11.1. The van der Waals surface area contributed by atoms with Crippen LogP contribution in [0.1, 0.15) is 30.0 Å². The first-order valence-corrected chi connectivity index (χ1v) is 7.39. The molecule has 3 rings (SSSR count). The quantitative estimate of drug-likeness (QED) is 0.867. The lowest BCUT2D eigenvalue weighted by atomic mass is 9.86. The number of nitrogen functional groups attached to an aromatic ring is 1. The van der Waals surface area contributed by atoms with Gasteiger partial charge in [-0.3, -0.25) is 4.90 Å². The van der Waals surface area contributed by atoms with E-state index in [1.165, 1.54) is 23.1 Å². The lowest BCUT2D eigenvalue weighted by Gasteiger charge is -2.34. The molecule has 0 saturated heterocycles. The summed E-state index contributed by atoms with van der Waals surface area (Å²) in [4.78, 5) is 2.54. The number of nitrogens with two attached hydrogens (primary N) is 1. The van der Waals surface area contributed by atoms with Crippen molar-refractivity contribution in [2.24, 2.45) is 0 Å². The molecule has 0 bridgehead atoms.